The Labute approximate surface area is 151 Å². The van der Waals surface area contributed by atoms with Crippen LogP contribution in [0.25, 0.3) is 0 Å². The van der Waals surface area contributed by atoms with Crippen molar-refractivity contribution in [3.05, 3.63) is 71.8 Å². The Kier molecular flexibility index (Phi) is 8.20. The molecule has 0 heterocycles. The number of hydrogen-bond donors (Lipinski definition) is 2. The maximum absolute atomic E-state index is 12.0. The molecule has 2 N–H and O–H groups in total. The van der Waals surface area contributed by atoms with Gasteiger partial charge in [-0.15, -0.1) is 0 Å². The third-order valence-corrected chi connectivity index (χ3v) is 4.24. The highest BCUT2D eigenvalue weighted by Gasteiger charge is 2.14. The summed E-state index contributed by atoms with van der Waals surface area (Å²) in [6.07, 6.45) is 1.44. The lowest BCUT2D eigenvalue weighted by Gasteiger charge is -2.18. The summed E-state index contributed by atoms with van der Waals surface area (Å²) in [7, 11) is 0. The van der Waals surface area contributed by atoms with Gasteiger partial charge in [0.05, 0.1) is 0 Å². The summed E-state index contributed by atoms with van der Waals surface area (Å²) in [6, 6.07) is 21.0. The third kappa shape index (κ3) is 7.10. The monoisotopic (exact) mass is 338 g/mol. The Hall–Kier alpha value is -2.13. The van der Waals surface area contributed by atoms with Crippen LogP contribution in [0.3, 0.4) is 0 Å². The van der Waals surface area contributed by atoms with Gasteiger partial charge in [0.25, 0.3) is 0 Å². The van der Waals surface area contributed by atoms with E-state index >= 15 is 0 Å². The molecule has 0 aliphatic heterocycles. The van der Waals surface area contributed by atoms with Crippen LogP contribution in [0.2, 0.25) is 0 Å². The van der Waals surface area contributed by atoms with Gasteiger partial charge in [-0.3, -0.25) is 4.79 Å². The van der Waals surface area contributed by atoms with Crippen molar-refractivity contribution in [3.63, 3.8) is 0 Å². The first-order valence-electron chi connectivity index (χ1n) is 9.24. The number of hydrogen-bond acceptors (Lipinski definition) is 2. The quantitative estimate of drug-likeness (QED) is 0.644. The minimum atomic E-state index is 0.121. The van der Waals surface area contributed by atoms with Gasteiger partial charge in [-0.2, -0.15) is 0 Å². The lowest BCUT2D eigenvalue weighted by atomic mass is 9.88. The van der Waals surface area contributed by atoms with E-state index in [2.05, 4.69) is 73.0 Å². The molecule has 0 aliphatic rings. The van der Waals surface area contributed by atoms with Crippen LogP contribution in [0.1, 0.15) is 43.7 Å². The summed E-state index contributed by atoms with van der Waals surface area (Å²) in [5.74, 6) is 1.04. The lowest BCUT2D eigenvalue weighted by molar-refractivity contribution is -0.121. The summed E-state index contributed by atoms with van der Waals surface area (Å²) >= 11 is 0. The van der Waals surface area contributed by atoms with E-state index in [4.69, 9.17) is 0 Å². The summed E-state index contributed by atoms with van der Waals surface area (Å²) in [6.45, 7) is 6.72. The predicted octanol–water partition coefficient (Wildman–Crippen LogP) is 3.96. The summed E-state index contributed by atoms with van der Waals surface area (Å²) in [5, 5.41) is 6.37. The highest BCUT2D eigenvalue weighted by Crippen LogP contribution is 2.27. The molecule has 0 spiro atoms. The highest BCUT2D eigenvalue weighted by atomic mass is 16.1. The van der Waals surface area contributed by atoms with Crippen molar-refractivity contribution in [2.75, 3.05) is 19.6 Å². The maximum Gasteiger partial charge on any atom is 0.221 e. The molecule has 3 heteroatoms. The van der Waals surface area contributed by atoms with Gasteiger partial charge in [0.2, 0.25) is 5.91 Å². The van der Waals surface area contributed by atoms with E-state index in [1.165, 1.54) is 11.1 Å². The van der Waals surface area contributed by atoms with Crippen LogP contribution >= 0.6 is 0 Å². The van der Waals surface area contributed by atoms with Crippen molar-refractivity contribution < 1.29 is 4.79 Å². The molecule has 0 saturated carbocycles. The molecule has 0 atom stereocenters. The van der Waals surface area contributed by atoms with Crippen LogP contribution in [-0.4, -0.2) is 25.5 Å². The minimum Gasteiger partial charge on any atom is -0.356 e. The van der Waals surface area contributed by atoms with Crippen molar-refractivity contribution in [3.8, 4) is 0 Å². The molecule has 0 saturated heterocycles. The summed E-state index contributed by atoms with van der Waals surface area (Å²) in [4.78, 5) is 12.0. The largest absolute Gasteiger partial charge is 0.356 e. The SMILES string of the molecule is CC(C)CNCCC(=O)NCCC(c1ccccc1)c1ccccc1. The van der Waals surface area contributed by atoms with Crippen LogP contribution < -0.4 is 10.6 Å². The first-order chi connectivity index (χ1) is 12.2. The van der Waals surface area contributed by atoms with E-state index in [0.717, 1.165) is 19.5 Å². The van der Waals surface area contributed by atoms with Crippen molar-refractivity contribution >= 4 is 5.91 Å². The molecule has 0 aromatic heterocycles. The molecule has 0 bridgehead atoms. The van der Waals surface area contributed by atoms with Crippen molar-refractivity contribution in [2.45, 2.75) is 32.6 Å². The third-order valence-electron chi connectivity index (χ3n) is 4.24. The predicted molar refractivity (Wildman–Crippen MR) is 105 cm³/mol. The van der Waals surface area contributed by atoms with E-state index in [9.17, 15) is 4.79 Å². The average molecular weight is 338 g/mol. The fourth-order valence-electron chi connectivity index (χ4n) is 2.93. The molecule has 0 aliphatic carbocycles. The van der Waals surface area contributed by atoms with E-state index in [0.29, 0.717) is 24.8 Å². The maximum atomic E-state index is 12.0. The van der Waals surface area contributed by atoms with Gasteiger partial charge in [0.15, 0.2) is 0 Å². The Morgan fingerprint density at radius 3 is 1.96 bits per heavy atom. The zero-order chi connectivity index (χ0) is 17.9. The summed E-state index contributed by atoms with van der Waals surface area (Å²) in [5.41, 5.74) is 2.59. The second-order valence-electron chi connectivity index (χ2n) is 6.86. The second kappa shape index (κ2) is 10.7. The molecule has 25 heavy (non-hydrogen) atoms. The number of carbonyl (C=O) groups is 1. The highest BCUT2D eigenvalue weighted by molar-refractivity contribution is 5.76. The van der Waals surface area contributed by atoms with E-state index in [-0.39, 0.29) is 5.91 Å². The molecule has 2 rings (SSSR count). The molecule has 0 radical (unpaired) electrons. The number of rotatable bonds is 10. The van der Waals surface area contributed by atoms with E-state index in [1.807, 2.05) is 12.1 Å². The zero-order valence-corrected chi connectivity index (χ0v) is 15.4. The van der Waals surface area contributed by atoms with Crippen LogP contribution in [0.5, 0.6) is 0 Å². The fourth-order valence-corrected chi connectivity index (χ4v) is 2.93. The molecule has 1 amide bonds. The van der Waals surface area contributed by atoms with Gasteiger partial charge in [-0.25, -0.2) is 0 Å². The zero-order valence-electron chi connectivity index (χ0n) is 15.4. The van der Waals surface area contributed by atoms with Gasteiger partial charge >= 0.3 is 0 Å². The normalized spacial score (nSPS) is 11.0. The molecule has 0 unspecified atom stereocenters. The Morgan fingerprint density at radius 1 is 0.880 bits per heavy atom. The molecule has 0 fully saturated rings. The smallest absolute Gasteiger partial charge is 0.221 e. The van der Waals surface area contributed by atoms with Crippen LogP contribution in [0.4, 0.5) is 0 Å². The molecule has 134 valence electrons. The first kappa shape index (κ1) is 19.2. The van der Waals surface area contributed by atoms with E-state index < -0.39 is 0 Å². The molecule has 2 aromatic carbocycles. The van der Waals surface area contributed by atoms with Gasteiger partial charge in [-0.1, -0.05) is 74.5 Å². The Morgan fingerprint density at radius 2 is 1.44 bits per heavy atom. The van der Waals surface area contributed by atoms with Crippen LogP contribution in [-0.2, 0) is 4.79 Å². The van der Waals surface area contributed by atoms with Crippen LogP contribution in [0.15, 0.2) is 60.7 Å². The van der Waals surface area contributed by atoms with Gasteiger partial charge in [0.1, 0.15) is 0 Å². The van der Waals surface area contributed by atoms with Gasteiger partial charge in [-0.05, 0) is 30.0 Å². The minimum absolute atomic E-state index is 0.121. The van der Waals surface area contributed by atoms with E-state index in [1.54, 1.807) is 0 Å². The average Bonchev–Trinajstić information content (AvgIpc) is 2.64. The molecule has 2 aromatic rings. The fraction of sp³-hybridized carbons (Fsp3) is 0.409. The lowest BCUT2D eigenvalue weighted by Crippen LogP contribution is -2.30. The topological polar surface area (TPSA) is 41.1 Å². The number of carbonyl (C=O) groups excluding carboxylic acids is 1. The first-order valence-corrected chi connectivity index (χ1v) is 9.24. The number of nitrogens with one attached hydrogen (secondary N) is 2. The van der Waals surface area contributed by atoms with Crippen molar-refractivity contribution in [2.24, 2.45) is 5.92 Å². The number of amides is 1. The van der Waals surface area contributed by atoms with Crippen LogP contribution in [0, 0.1) is 5.92 Å². The summed E-state index contributed by atoms with van der Waals surface area (Å²) < 4.78 is 0. The second-order valence-corrected chi connectivity index (χ2v) is 6.86. The Bertz CT molecular complexity index is 571. The van der Waals surface area contributed by atoms with Crippen molar-refractivity contribution in [1.82, 2.24) is 10.6 Å². The molecular weight excluding hydrogens is 308 g/mol. The molecular formula is C22H30N2O. The molecule has 3 nitrogen and oxygen atoms in total. The van der Waals surface area contributed by atoms with Crippen molar-refractivity contribution in [1.29, 1.82) is 0 Å². The van der Waals surface area contributed by atoms with Gasteiger partial charge < -0.3 is 10.6 Å². The number of benzene rings is 2. The van der Waals surface area contributed by atoms with Gasteiger partial charge in [0, 0.05) is 25.4 Å². The Balaban J connectivity index is 1.83. The standard InChI is InChI=1S/C22H30N2O/c1-18(2)17-23-15-14-22(25)24-16-13-21(19-9-5-3-6-10-19)20-11-7-4-8-12-20/h3-12,18,21,23H,13-17H2,1-2H3,(H,24,25).